The van der Waals surface area contributed by atoms with Crippen LogP contribution >= 0.6 is 11.3 Å². The Labute approximate surface area is 133 Å². The van der Waals surface area contributed by atoms with Crippen LogP contribution in [0.1, 0.15) is 34.1 Å². The molecule has 1 fully saturated rings. The summed E-state index contributed by atoms with van der Waals surface area (Å²) in [5.74, 6) is -0.138. The standard InChI is InChI=1S/C16H19N3O2S/c20-16(13-5-9-19(21)10-6-13)17-12-14(15-4-3-11-22-15)18-7-1-2-8-18/h3-6,9-11,14H,1-2,7-8,12H2,(H,17,20). The number of nitrogens with one attached hydrogen (secondary N) is 1. The van der Waals surface area contributed by atoms with Gasteiger partial charge in [-0.1, -0.05) is 6.07 Å². The number of carbonyl (C=O) groups excluding carboxylic acids is 1. The van der Waals surface area contributed by atoms with Crippen molar-refractivity contribution in [3.63, 3.8) is 0 Å². The first-order valence-corrected chi connectivity index (χ1v) is 8.36. The van der Waals surface area contributed by atoms with Crippen LogP contribution in [0.3, 0.4) is 0 Å². The molecule has 1 unspecified atom stereocenters. The molecule has 22 heavy (non-hydrogen) atoms. The summed E-state index contributed by atoms with van der Waals surface area (Å²) in [6.07, 6.45) is 5.12. The molecule has 1 saturated heterocycles. The van der Waals surface area contributed by atoms with Gasteiger partial charge in [0.15, 0.2) is 12.4 Å². The third-order valence-corrected chi connectivity index (χ3v) is 4.95. The van der Waals surface area contributed by atoms with Gasteiger partial charge in [-0.2, -0.15) is 4.73 Å². The van der Waals surface area contributed by atoms with Gasteiger partial charge >= 0.3 is 0 Å². The lowest BCUT2D eigenvalue weighted by Gasteiger charge is -2.26. The average molecular weight is 317 g/mol. The van der Waals surface area contributed by atoms with Gasteiger partial charge in [0.05, 0.1) is 11.6 Å². The van der Waals surface area contributed by atoms with Gasteiger partial charge in [-0.05, 0) is 37.4 Å². The summed E-state index contributed by atoms with van der Waals surface area (Å²) in [5.41, 5.74) is 0.512. The Morgan fingerprint density at radius 3 is 2.68 bits per heavy atom. The number of hydrogen-bond donors (Lipinski definition) is 1. The molecule has 0 radical (unpaired) electrons. The fourth-order valence-corrected chi connectivity index (χ4v) is 3.66. The highest BCUT2D eigenvalue weighted by molar-refractivity contribution is 7.10. The Morgan fingerprint density at radius 1 is 1.32 bits per heavy atom. The Bertz CT molecular complexity index is 607. The van der Waals surface area contributed by atoms with Gasteiger partial charge in [-0.15, -0.1) is 11.3 Å². The molecule has 3 rings (SSSR count). The van der Waals surface area contributed by atoms with Gasteiger partial charge in [-0.25, -0.2) is 0 Å². The first-order valence-electron chi connectivity index (χ1n) is 7.48. The van der Waals surface area contributed by atoms with Crippen molar-refractivity contribution in [1.29, 1.82) is 0 Å². The monoisotopic (exact) mass is 317 g/mol. The third-order valence-electron chi connectivity index (χ3n) is 3.97. The zero-order chi connectivity index (χ0) is 15.4. The van der Waals surface area contributed by atoms with Crippen LogP contribution in [-0.4, -0.2) is 30.4 Å². The van der Waals surface area contributed by atoms with E-state index in [1.54, 1.807) is 23.5 Å². The van der Waals surface area contributed by atoms with Gasteiger partial charge in [0.1, 0.15) is 0 Å². The van der Waals surface area contributed by atoms with Crippen LogP contribution in [0.4, 0.5) is 0 Å². The van der Waals surface area contributed by atoms with E-state index in [-0.39, 0.29) is 11.9 Å². The van der Waals surface area contributed by atoms with Gasteiger partial charge < -0.3 is 10.5 Å². The van der Waals surface area contributed by atoms with Crippen molar-refractivity contribution >= 4 is 17.2 Å². The Hall–Kier alpha value is -1.92. The lowest BCUT2D eigenvalue weighted by molar-refractivity contribution is -0.605. The Balaban J connectivity index is 1.66. The maximum absolute atomic E-state index is 12.2. The van der Waals surface area contributed by atoms with Crippen LogP contribution in [0.25, 0.3) is 0 Å². The van der Waals surface area contributed by atoms with E-state index >= 15 is 0 Å². The second-order valence-corrected chi connectivity index (χ2v) is 6.41. The van der Waals surface area contributed by atoms with Crippen LogP contribution in [-0.2, 0) is 0 Å². The quantitative estimate of drug-likeness (QED) is 0.677. The minimum Gasteiger partial charge on any atom is -0.619 e. The molecule has 1 atom stereocenters. The lowest BCUT2D eigenvalue weighted by atomic mass is 10.2. The van der Waals surface area contributed by atoms with E-state index in [0.717, 1.165) is 13.1 Å². The van der Waals surface area contributed by atoms with Crippen molar-refractivity contribution in [3.8, 4) is 0 Å². The highest BCUT2D eigenvalue weighted by Gasteiger charge is 2.24. The molecule has 2 aromatic heterocycles. The number of rotatable bonds is 5. The molecule has 1 aliphatic rings. The van der Waals surface area contributed by atoms with E-state index in [2.05, 4.69) is 27.7 Å². The number of likely N-dealkylation sites (tertiary alicyclic amines) is 1. The number of nitrogens with zero attached hydrogens (tertiary/aromatic N) is 2. The fraction of sp³-hybridized carbons (Fsp3) is 0.375. The van der Waals surface area contributed by atoms with E-state index in [9.17, 15) is 10.0 Å². The van der Waals surface area contributed by atoms with Crippen LogP contribution in [0.5, 0.6) is 0 Å². The second-order valence-electron chi connectivity index (χ2n) is 5.43. The minimum absolute atomic E-state index is 0.138. The van der Waals surface area contributed by atoms with Gasteiger partial charge in [0.2, 0.25) is 0 Å². The van der Waals surface area contributed by atoms with Crippen molar-refractivity contribution in [1.82, 2.24) is 10.2 Å². The van der Waals surface area contributed by atoms with Crippen LogP contribution in [0.15, 0.2) is 42.0 Å². The maximum Gasteiger partial charge on any atom is 0.251 e. The van der Waals surface area contributed by atoms with Crippen molar-refractivity contribution < 1.29 is 9.52 Å². The predicted molar refractivity (Wildman–Crippen MR) is 85.6 cm³/mol. The second kappa shape index (κ2) is 6.89. The normalized spacial score (nSPS) is 16.5. The topological polar surface area (TPSA) is 59.3 Å². The molecule has 2 aromatic rings. The maximum atomic E-state index is 12.2. The Kier molecular flexibility index (Phi) is 4.70. The highest BCUT2D eigenvalue weighted by atomic mass is 32.1. The smallest absolute Gasteiger partial charge is 0.251 e. The molecule has 116 valence electrons. The number of carbonyl (C=O) groups is 1. The van der Waals surface area contributed by atoms with E-state index in [4.69, 9.17) is 0 Å². The summed E-state index contributed by atoms with van der Waals surface area (Å²) in [6, 6.07) is 7.49. The molecule has 0 aliphatic carbocycles. The molecule has 5 nitrogen and oxygen atoms in total. The van der Waals surface area contributed by atoms with Crippen molar-refractivity contribution in [2.75, 3.05) is 19.6 Å². The molecule has 0 bridgehead atoms. The molecular formula is C16H19N3O2S. The largest absolute Gasteiger partial charge is 0.619 e. The average Bonchev–Trinajstić information content (AvgIpc) is 3.22. The summed E-state index contributed by atoms with van der Waals surface area (Å²) in [5, 5.41) is 16.1. The molecule has 1 N–H and O–H groups in total. The first kappa shape index (κ1) is 15.0. The van der Waals surface area contributed by atoms with E-state index < -0.39 is 0 Å². The zero-order valence-electron chi connectivity index (χ0n) is 12.3. The van der Waals surface area contributed by atoms with Crippen molar-refractivity contribution in [2.24, 2.45) is 0 Å². The lowest BCUT2D eigenvalue weighted by Crippen LogP contribution is -2.36. The summed E-state index contributed by atoms with van der Waals surface area (Å²) >= 11 is 1.73. The minimum atomic E-state index is -0.138. The fourth-order valence-electron chi connectivity index (χ4n) is 2.80. The SMILES string of the molecule is O=C(NCC(c1cccs1)N1CCCC1)c1cc[n+]([O-])cc1. The number of aromatic nitrogens is 1. The zero-order valence-corrected chi connectivity index (χ0v) is 13.1. The summed E-state index contributed by atoms with van der Waals surface area (Å²) in [6.45, 7) is 2.76. The number of hydrogen-bond acceptors (Lipinski definition) is 4. The van der Waals surface area contributed by atoms with Gasteiger partial charge in [0, 0.05) is 23.6 Å². The molecular weight excluding hydrogens is 298 g/mol. The van der Waals surface area contributed by atoms with Gasteiger partial charge in [0.25, 0.3) is 5.91 Å². The van der Waals surface area contributed by atoms with Crippen molar-refractivity contribution in [2.45, 2.75) is 18.9 Å². The molecule has 3 heterocycles. The molecule has 1 aliphatic heterocycles. The van der Waals surface area contributed by atoms with Crippen LogP contribution in [0.2, 0.25) is 0 Å². The van der Waals surface area contributed by atoms with Crippen LogP contribution < -0.4 is 10.0 Å². The molecule has 0 spiro atoms. The summed E-state index contributed by atoms with van der Waals surface area (Å²) in [4.78, 5) is 15.9. The van der Waals surface area contributed by atoms with Crippen molar-refractivity contribution in [3.05, 3.63) is 57.7 Å². The van der Waals surface area contributed by atoms with E-state index in [0.29, 0.717) is 16.8 Å². The number of thiophene rings is 1. The van der Waals surface area contributed by atoms with E-state index in [1.807, 2.05) is 0 Å². The first-order chi connectivity index (χ1) is 10.7. The van der Waals surface area contributed by atoms with Gasteiger partial charge in [-0.3, -0.25) is 9.69 Å². The summed E-state index contributed by atoms with van der Waals surface area (Å²) in [7, 11) is 0. The molecule has 6 heteroatoms. The molecule has 0 saturated carbocycles. The van der Waals surface area contributed by atoms with E-state index in [1.165, 1.54) is 30.1 Å². The summed E-state index contributed by atoms with van der Waals surface area (Å²) < 4.78 is 0.676. The predicted octanol–water partition coefficient (Wildman–Crippen LogP) is 1.95. The Morgan fingerprint density at radius 2 is 2.05 bits per heavy atom. The highest BCUT2D eigenvalue weighted by Crippen LogP contribution is 2.27. The molecule has 0 aromatic carbocycles. The number of amides is 1. The number of pyridine rings is 1. The van der Waals surface area contributed by atoms with Crippen LogP contribution in [0, 0.1) is 5.21 Å². The molecule has 1 amide bonds. The third kappa shape index (κ3) is 3.45.